The number of fused-ring (bicyclic) bond motifs is 1. The van der Waals surface area contributed by atoms with Gasteiger partial charge in [-0.25, -0.2) is 9.97 Å². The molecule has 6 nitrogen and oxygen atoms in total. The van der Waals surface area contributed by atoms with Crippen molar-refractivity contribution < 1.29 is 9.53 Å². The minimum atomic E-state index is 0.132. The van der Waals surface area contributed by atoms with Gasteiger partial charge in [0.2, 0.25) is 5.91 Å². The predicted octanol–water partition coefficient (Wildman–Crippen LogP) is 4.42. The molecule has 144 valence electrons. The molecule has 1 amide bonds. The number of hydrogen-bond donors (Lipinski definition) is 1. The summed E-state index contributed by atoms with van der Waals surface area (Å²) in [5.41, 5.74) is 0.821. The van der Waals surface area contributed by atoms with Gasteiger partial charge in [-0.3, -0.25) is 4.79 Å². The Balaban J connectivity index is 1.49. The first-order chi connectivity index (χ1) is 13.6. The summed E-state index contributed by atoms with van der Waals surface area (Å²) >= 11 is 5.84. The van der Waals surface area contributed by atoms with E-state index in [9.17, 15) is 4.79 Å². The molecule has 1 aliphatic rings. The summed E-state index contributed by atoms with van der Waals surface area (Å²) in [6, 6.07) is 11.6. The fraction of sp³-hybridized carbons (Fsp3) is 0.286. The van der Waals surface area contributed by atoms with Crippen LogP contribution in [0.25, 0.3) is 10.8 Å². The molecule has 1 aromatic carbocycles. The smallest absolute Gasteiger partial charge is 0.219 e. The summed E-state index contributed by atoms with van der Waals surface area (Å²) < 4.78 is 6.16. The maximum absolute atomic E-state index is 11.5. The number of pyridine rings is 2. The average Bonchev–Trinajstić information content (AvgIpc) is 2.70. The lowest BCUT2D eigenvalue weighted by molar-refractivity contribution is -0.130. The Morgan fingerprint density at radius 1 is 1.18 bits per heavy atom. The highest BCUT2D eigenvalue weighted by Gasteiger charge is 2.22. The van der Waals surface area contributed by atoms with Crippen LogP contribution in [-0.4, -0.2) is 40.0 Å². The second-order valence-electron chi connectivity index (χ2n) is 6.86. The van der Waals surface area contributed by atoms with Crippen molar-refractivity contribution in [3.05, 3.63) is 53.9 Å². The van der Waals surface area contributed by atoms with Gasteiger partial charge < -0.3 is 15.0 Å². The Kier molecular flexibility index (Phi) is 5.30. The molecule has 0 atom stereocenters. The van der Waals surface area contributed by atoms with Gasteiger partial charge in [0, 0.05) is 44.4 Å². The molecule has 1 saturated heterocycles. The molecule has 1 aliphatic heterocycles. The maximum atomic E-state index is 11.5. The molecule has 2 aromatic heterocycles. The van der Waals surface area contributed by atoms with Gasteiger partial charge in [-0.15, -0.1) is 0 Å². The van der Waals surface area contributed by atoms with Crippen LogP contribution >= 0.6 is 11.6 Å². The van der Waals surface area contributed by atoms with Crippen LogP contribution in [0.2, 0.25) is 5.15 Å². The molecule has 7 heteroatoms. The summed E-state index contributed by atoms with van der Waals surface area (Å²) in [7, 11) is 0. The number of nitrogens with zero attached hydrogens (tertiary/aromatic N) is 3. The van der Waals surface area contributed by atoms with Crippen molar-refractivity contribution >= 4 is 39.8 Å². The summed E-state index contributed by atoms with van der Waals surface area (Å²) in [5, 5.41) is 5.77. The van der Waals surface area contributed by atoms with E-state index >= 15 is 0 Å². The second kappa shape index (κ2) is 8.02. The van der Waals surface area contributed by atoms with Crippen molar-refractivity contribution in [3.8, 4) is 5.75 Å². The van der Waals surface area contributed by atoms with Crippen LogP contribution in [0.3, 0.4) is 0 Å². The average molecular weight is 397 g/mol. The largest absolute Gasteiger partial charge is 0.490 e. The van der Waals surface area contributed by atoms with Crippen LogP contribution < -0.4 is 10.1 Å². The van der Waals surface area contributed by atoms with Crippen molar-refractivity contribution in [1.29, 1.82) is 0 Å². The fourth-order valence-corrected chi connectivity index (χ4v) is 3.51. The molecule has 3 heterocycles. The van der Waals surface area contributed by atoms with Gasteiger partial charge in [0.15, 0.2) is 0 Å². The van der Waals surface area contributed by atoms with E-state index in [1.54, 1.807) is 25.4 Å². The Bertz CT molecular complexity index is 985. The van der Waals surface area contributed by atoms with E-state index in [-0.39, 0.29) is 12.0 Å². The number of carbonyl (C=O) groups excluding carboxylic acids is 1. The first-order valence-electron chi connectivity index (χ1n) is 9.28. The van der Waals surface area contributed by atoms with Crippen LogP contribution in [0, 0.1) is 0 Å². The number of aromatic nitrogens is 2. The summed E-state index contributed by atoms with van der Waals surface area (Å²) in [4.78, 5) is 21.8. The zero-order valence-electron chi connectivity index (χ0n) is 15.6. The Morgan fingerprint density at radius 2 is 2.00 bits per heavy atom. The van der Waals surface area contributed by atoms with Crippen LogP contribution in [0.15, 0.2) is 48.8 Å². The third-order valence-electron chi connectivity index (χ3n) is 4.92. The highest BCUT2D eigenvalue weighted by molar-refractivity contribution is 6.29. The van der Waals surface area contributed by atoms with E-state index in [0.29, 0.717) is 5.15 Å². The molecule has 0 radical (unpaired) electrons. The molecule has 0 spiro atoms. The number of piperidine rings is 1. The van der Waals surface area contributed by atoms with Crippen molar-refractivity contribution in [1.82, 2.24) is 14.9 Å². The van der Waals surface area contributed by atoms with Crippen LogP contribution in [0.1, 0.15) is 19.8 Å². The van der Waals surface area contributed by atoms with Crippen LogP contribution in [-0.2, 0) is 4.79 Å². The third kappa shape index (κ3) is 4.17. The first-order valence-corrected chi connectivity index (χ1v) is 9.66. The summed E-state index contributed by atoms with van der Waals surface area (Å²) in [6.45, 7) is 3.12. The van der Waals surface area contributed by atoms with Crippen molar-refractivity contribution in [3.63, 3.8) is 0 Å². The zero-order chi connectivity index (χ0) is 19.5. The quantitative estimate of drug-likeness (QED) is 0.661. The Morgan fingerprint density at radius 3 is 2.71 bits per heavy atom. The maximum Gasteiger partial charge on any atom is 0.219 e. The minimum Gasteiger partial charge on any atom is -0.490 e. The van der Waals surface area contributed by atoms with Gasteiger partial charge in [-0.05, 0) is 41.8 Å². The van der Waals surface area contributed by atoms with E-state index in [1.165, 1.54) is 0 Å². The summed E-state index contributed by atoms with van der Waals surface area (Å²) in [6.07, 6.45) is 5.28. The number of anilines is 2. The number of benzene rings is 1. The molecule has 1 N–H and O–H groups in total. The Labute approximate surface area is 168 Å². The zero-order valence-corrected chi connectivity index (χ0v) is 16.3. The number of halogens is 1. The van der Waals surface area contributed by atoms with Crippen molar-refractivity contribution in [2.45, 2.75) is 25.9 Å². The van der Waals surface area contributed by atoms with Gasteiger partial charge in [0.05, 0.1) is 11.9 Å². The van der Waals surface area contributed by atoms with Gasteiger partial charge in [-0.1, -0.05) is 11.6 Å². The molecule has 28 heavy (non-hydrogen) atoms. The SMILES string of the molecule is CC(=O)N1CCC(Oc2ccc3c(Nc4ccc(Cl)nc4)nccc3c2)CC1. The van der Waals surface area contributed by atoms with Gasteiger partial charge in [0.1, 0.15) is 22.8 Å². The molecular formula is C21H21ClN4O2. The van der Waals surface area contributed by atoms with Crippen LogP contribution in [0.4, 0.5) is 11.5 Å². The normalized spacial score (nSPS) is 14.9. The van der Waals surface area contributed by atoms with Gasteiger partial charge >= 0.3 is 0 Å². The third-order valence-corrected chi connectivity index (χ3v) is 5.14. The highest BCUT2D eigenvalue weighted by Crippen LogP contribution is 2.29. The fourth-order valence-electron chi connectivity index (χ4n) is 3.40. The van der Waals surface area contributed by atoms with E-state index in [4.69, 9.17) is 16.3 Å². The second-order valence-corrected chi connectivity index (χ2v) is 7.25. The van der Waals surface area contributed by atoms with Crippen LogP contribution in [0.5, 0.6) is 5.75 Å². The minimum absolute atomic E-state index is 0.132. The van der Waals surface area contributed by atoms with Gasteiger partial charge in [0.25, 0.3) is 0 Å². The topological polar surface area (TPSA) is 67.3 Å². The number of carbonyl (C=O) groups is 1. The molecule has 0 bridgehead atoms. The number of likely N-dealkylation sites (tertiary alicyclic amines) is 1. The number of amides is 1. The Hall–Kier alpha value is -2.86. The van der Waals surface area contributed by atoms with Gasteiger partial charge in [-0.2, -0.15) is 0 Å². The molecule has 4 rings (SSSR count). The molecule has 0 unspecified atom stereocenters. The monoisotopic (exact) mass is 396 g/mol. The lowest BCUT2D eigenvalue weighted by Gasteiger charge is -2.31. The van der Waals surface area contributed by atoms with Crippen molar-refractivity contribution in [2.24, 2.45) is 0 Å². The summed E-state index contributed by atoms with van der Waals surface area (Å²) in [5.74, 6) is 1.72. The highest BCUT2D eigenvalue weighted by atomic mass is 35.5. The molecule has 0 aliphatic carbocycles. The standard InChI is InChI=1S/C21H21ClN4O2/c1-14(27)26-10-7-17(8-11-26)28-18-3-4-19-15(12-18)6-9-23-21(19)25-16-2-5-20(22)24-13-16/h2-6,9,12-13,17H,7-8,10-11H2,1H3,(H,23,25). The van der Waals surface area contributed by atoms with E-state index in [0.717, 1.165) is 54.0 Å². The lowest BCUT2D eigenvalue weighted by Crippen LogP contribution is -2.40. The number of rotatable bonds is 4. The predicted molar refractivity (Wildman–Crippen MR) is 110 cm³/mol. The number of nitrogens with one attached hydrogen (secondary N) is 1. The molecular weight excluding hydrogens is 376 g/mol. The van der Waals surface area contributed by atoms with E-state index < -0.39 is 0 Å². The lowest BCUT2D eigenvalue weighted by atomic mass is 10.1. The van der Waals surface area contributed by atoms with E-state index in [2.05, 4.69) is 15.3 Å². The van der Waals surface area contributed by atoms with Crippen molar-refractivity contribution in [2.75, 3.05) is 18.4 Å². The first kappa shape index (κ1) is 18.5. The molecule has 1 fully saturated rings. The molecule has 0 saturated carbocycles. The van der Waals surface area contributed by atoms with E-state index in [1.807, 2.05) is 35.2 Å². The number of ether oxygens (including phenoxy) is 1. The molecule has 3 aromatic rings. The number of hydrogen-bond acceptors (Lipinski definition) is 5.